The smallest absolute Gasteiger partial charge is 0.203 e. The molecule has 2 rings (SSSR count). The molecule has 0 heterocycles. The van der Waals surface area contributed by atoms with Crippen LogP contribution in [0.1, 0.15) is 17.0 Å². The molecule has 4 nitrogen and oxygen atoms in total. The van der Waals surface area contributed by atoms with Gasteiger partial charge < -0.3 is 14.2 Å². The lowest BCUT2D eigenvalue weighted by atomic mass is 9.93. The normalized spacial score (nSPS) is 11.4. The number of hydrogen-bond acceptors (Lipinski definition) is 4. The van der Waals surface area contributed by atoms with Gasteiger partial charge in [0.15, 0.2) is 11.5 Å². The second kappa shape index (κ2) is 7.75. The highest BCUT2D eigenvalue weighted by Crippen LogP contribution is 2.39. The third-order valence-corrected chi connectivity index (χ3v) is 3.95. The van der Waals surface area contributed by atoms with Crippen LogP contribution in [0.15, 0.2) is 36.4 Å². The summed E-state index contributed by atoms with van der Waals surface area (Å²) in [4.78, 5) is 0. The summed E-state index contributed by atoms with van der Waals surface area (Å²) in [5.41, 5.74) is 1.72. The van der Waals surface area contributed by atoms with Crippen LogP contribution in [0.2, 0.25) is 5.02 Å². The van der Waals surface area contributed by atoms with E-state index in [1.54, 1.807) is 27.4 Å². The van der Waals surface area contributed by atoms with E-state index in [0.717, 1.165) is 11.1 Å². The van der Waals surface area contributed by atoms with E-state index in [-0.39, 0.29) is 5.92 Å². The molecule has 0 aromatic heterocycles. The Bertz CT molecular complexity index is 699. The number of rotatable bonds is 6. The van der Waals surface area contributed by atoms with Crippen LogP contribution in [0.5, 0.6) is 17.2 Å². The molecule has 120 valence electrons. The van der Waals surface area contributed by atoms with Gasteiger partial charge in [-0.1, -0.05) is 29.8 Å². The van der Waals surface area contributed by atoms with Gasteiger partial charge in [0.05, 0.1) is 33.3 Å². The number of methoxy groups -OCH3 is 3. The average molecular weight is 332 g/mol. The van der Waals surface area contributed by atoms with Gasteiger partial charge in [0, 0.05) is 5.02 Å². The quantitative estimate of drug-likeness (QED) is 0.795. The molecule has 0 aliphatic rings. The number of ether oxygens (including phenoxy) is 3. The summed E-state index contributed by atoms with van der Waals surface area (Å²) in [5, 5.41) is 10.1. The van der Waals surface area contributed by atoms with Crippen molar-refractivity contribution in [2.75, 3.05) is 21.3 Å². The van der Waals surface area contributed by atoms with Crippen molar-refractivity contribution in [1.29, 1.82) is 5.26 Å². The maximum Gasteiger partial charge on any atom is 0.203 e. The van der Waals surface area contributed by atoms with Crippen molar-refractivity contribution in [3.05, 3.63) is 52.5 Å². The van der Waals surface area contributed by atoms with Crippen LogP contribution in [0, 0.1) is 11.3 Å². The molecule has 5 heteroatoms. The molecule has 0 aliphatic carbocycles. The fourth-order valence-corrected chi connectivity index (χ4v) is 2.74. The van der Waals surface area contributed by atoms with E-state index in [1.165, 1.54) is 0 Å². The highest BCUT2D eigenvalue weighted by Gasteiger charge is 2.18. The van der Waals surface area contributed by atoms with E-state index in [2.05, 4.69) is 6.07 Å². The Hall–Kier alpha value is -2.38. The van der Waals surface area contributed by atoms with Gasteiger partial charge in [-0.2, -0.15) is 5.26 Å². The fraction of sp³-hybridized carbons (Fsp3) is 0.278. The molecule has 2 aromatic carbocycles. The molecule has 0 spiro atoms. The Morgan fingerprint density at radius 2 is 1.65 bits per heavy atom. The van der Waals surface area contributed by atoms with Gasteiger partial charge >= 0.3 is 0 Å². The highest BCUT2D eigenvalue weighted by atomic mass is 35.5. The maximum absolute atomic E-state index is 9.52. The topological polar surface area (TPSA) is 51.5 Å². The summed E-state index contributed by atoms with van der Waals surface area (Å²) in [6, 6.07) is 13.4. The molecule has 0 bridgehead atoms. The molecule has 1 atom stereocenters. The van der Waals surface area contributed by atoms with Gasteiger partial charge in [-0.05, 0) is 35.7 Å². The first kappa shape index (κ1) is 17.0. The Balaban J connectivity index is 2.39. The molecule has 23 heavy (non-hydrogen) atoms. The van der Waals surface area contributed by atoms with E-state index < -0.39 is 0 Å². The zero-order valence-electron chi connectivity index (χ0n) is 13.3. The Morgan fingerprint density at radius 1 is 1.04 bits per heavy atom. The van der Waals surface area contributed by atoms with Crippen molar-refractivity contribution < 1.29 is 14.2 Å². The van der Waals surface area contributed by atoms with Crippen LogP contribution in [-0.4, -0.2) is 21.3 Å². The van der Waals surface area contributed by atoms with E-state index in [9.17, 15) is 5.26 Å². The van der Waals surface area contributed by atoms with E-state index >= 15 is 0 Å². The average Bonchev–Trinajstić information content (AvgIpc) is 2.59. The third kappa shape index (κ3) is 3.69. The molecule has 0 saturated heterocycles. The van der Waals surface area contributed by atoms with Gasteiger partial charge in [-0.25, -0.2) is 0 Å². The van der Waals surface area contributed by atoms with E-state index in [4.69, 9.17) is 25.8 Å². The second-order valence-electron chi connectivity index (χ2n) is 4.94. The van der Waals surface area contributed by atoms with Crippen LogP contribution >= 0.6 is 11.6 Å². The van der Waals surface area contributed by atoms with Crippen molar-refractivity contribution in [2.45, 2.75) is 12.3 Å². The van der Waals surface area contributed by atoms with Crippen molar-refractivity contribution >= 4 is 11.6 Å². The van der Waals surface area contributed by atoms with Crippen molar-refractivity contribution in [1.82, 2.24) is 0 Å². The number of halogens is 1. The monoisotopic (exact) mass is 331 g/mol. The van der Waals surface area contributed by atoms with Crippen molar-refractivity contribution in [3.8, 4) is 23.3 Å². The number of nitriles is 1. The van der Waals surface area contributed by atoms with Crippen molar-refractivity contribution in [3.63, 3.8) is 0 Å². The Kier molecular flexibility index (Phi) is 5.72. The van der Waals surface area contributed by atoms with Gasteiger partial charge in [-0.3, -0.25) is 0 Å². The lowest BCUT2D eigenvalue weighted by Gasteiger charge is -2.16. The molecular weight excluding hydrogens is 314 g/mol. The molecule has 2 aromatic rings. The summed E-state index contributed by atoms with van der Waals surface area (Å²) in [6.07, 6.45) is 0.497. The van der Waals surface area contributed by atoms with Crippen LogP contribution < -0.4 is 14.2 Å². The molecule has 0 radical (unpaired) electrons. The summed E-state index contributed by atoms with van der Waals surface area (Å²) >= 11 is 6.21. The standard InChI is InChI=1S/C18H18ClNO3/c1-21-16-9-12(10-17(22-2)18(16)23-3)8-13(11-20)14-6-4-5-7-15(14)19/h4-7,9-10,13H,8H2,1-3H3. The summed E-state index contributed by atoms with van der Waals surface area (Å²) < 4.78 is 16.0. The molecular formula is C18H18ClNO3. The van der Waals surface area contributed by atoms with Crippen molar-refractivity contribution in [2.24, 2.45) is 0 Å². The van der Waals surface area contributed by atoms with E-state index in [0.29, 0.717) is 28.7 Å². The summed E-state index contributed by atoms with van der Waals surface area (Å²) in [6.45, 7) is 0. The first-order valence-corrected chi connectivity index (χ1v) is 7.45. The van der Waals surface area contributed by atoms with Gasteiger partial charge in [0.1, 0.15) is 0 Å². The summed E-state index contributed by atoms with van der Waals surface area (Å²) in [5.74, 6) is 1.31. The number of nitrogens with zero attached hydrogens (tertiary/aromatic N) is 1. The molecule has 0 fully saturated rings. The SMILES string of the molecule is COc1cc(CC(C#N)c2ccccc2Cl)cc(OC)c1OC. The first-order chi connectivity index (χ1) is 11.1. The Labute approximate surface area is 141 Å². The lowest BCUT2D eigenvalue weighted by molar-refractivity contribution is 0.323. The van der Waals surface area contributed by atoms with Crippen LogP contribution in [0.25, 0.3) is 0 Å². The largest absolute Gasteiger partial charge is 0.493 e. The zero-order chi connectivity index (χ0) is 16.8. The summed E-state index contributed by atoms with van der Waals surface area (Å²) in [7, 11) is 4.69. The zero-order valence-corrected chi connectivity index (χ0v) is 14.1. The lowest BCUT2D eigenvalue weighted by Crippen LogP contribution is -2.03. The number of benzene rings is 2. The van der Waals surface area contributed by atoms with Gasteiger partial charge in [0.25, 0.3) is 0 Å². The molecule has 0 amide bonds. The predicted molar refractivity (Wildman–Crippen MR) is 89.6 cm³/mol. The van der Waals surface area contributed by atoms with Crippen LogP contribution in [0.3, 0.4) is 0 Å². The maximum atomic E-state index is 9.52. The number of hydrogen-bond donors (Lipinski definition) is 0. The van der Waals surface area contributed by atoms with Crippen LogP contribution in [0.4, 0.5) is 0 Å². The third-order valence-electron chi connectivity index (χ3n) is 3.60. The minimum atomic E-state index is -0.355. The van der Waals surface area contributed by atoms with Gasteiger partial charge in [0.2, 0.25) is 5.75 Å². The van der Waals surface area contributed by atoms with Gasteiger partial charge in [-0.15, -0.1) is 0 Å². The minimum Gasteiger partial charge on any atom is -0.493 e. The molecule has 1 unspecified atom stereocenters. The second-order valence-corrected chi connectivity index (χ2v) is 5.35. The molecule has 0 N–H and O–H groups in total. The predicted octanol–water partition coefficient (Wildman–Crippen LogP) is 4.22. The first-order valence-electron chi connectivity index (χ1n) is 7.07. The minimum absolute atomic E-state index is 0.355. The molecule has 0 aliphatic heterocycles. The Morgan fingerprint density at radius 3 is 2.13 bits per heavy atom. The highest BCUT2D eigenvalue weighted by molar-refractivity contribution is 6.31. The molecule has 0 saturated carbocycles. The van der Waals surface area contributed by atoms with E-state index in [1.807, 2.05) is 30.3 Å². The fourth-order valence-electron chi connectivity index (χ4n) is 2.47. The van der Waals surface area contributed by atoms with Crippen LogP contribution in [-0.2, 0) is 6.42 Å².